The van der Waals surface area contributed by atoms with Gasteiger partial charge in [-0.1, -0.05) is 12.1 Å². The number of amides is 2. The number of carbonyl (C=O) groups is 2. The summed E-state index contributed by atoms with van der Waals surface area (Å²) in [5, 5.41) is 2.61. The summed E-state index contributed by atoms with van der Waals surface area (Å²) in [4.78, 5) is 30.8. The Morgan fingerprint density at radius 2 is 2.12 bits per heavy atom. The molecule has 1 aromatic rings. The number of ether oxygens (including phenoxy) is 1. The van der Waals surface area contributed by atoms with Gasteiger partial charge in [0.2, 0.25) is 11.9 Å². The van der Waals surface area contributed by atoms with Crippen LogP contribution in [-0.2, 0) is 15.1 Å². The summed E-state index contributed by atoms with van der Waals surface area (Å²) in [7, 11) is 0. The van der Waals surface area contributed by atoms with E-state index in [0.717, 1.165) is 5.56 Å². The Labute approximate surface area is 148 Å². The van der Waals surface area contributed by atoms with Gasteiger partial charge in [-0.15, -0.1) is 0 Å². The van der Waals surface area contributed by atoms with Crippen molar-refractivity contribution in [3.8, 4) is 0 Å². The van der Waals surface area contributed by atoms with E-state index < -0.39 is 17.2 Å². The predicted octanol–water partition coefficient (Wildman–Crippen LogP) is 2.62. The number of hydrogen-bond acceptors (Lipinski definition) is 5. The van der Waals surface area contributed by atoms with Crippen LogP contribution in [0.15, 0.2) is 29.3 Å². The number of alkyl carbamates (subject to hydrolysis) is 1. The lowest BCUT2D eigenvalue weighted by Gasteiger charge is -2.36. The van der Waals surface area contributed by atoms with Crippen molar-refractivity contribution in [2.75, 3.05) is 12.3 Å². The SMILES string of the molecule is CCN1C(=O)C[C@@](C)(c2cccc(N)c2)N=C1NC(=O)OC(C)(C)C. The number of anilines is 1. The highest BCUT2D eigenvalue weighted by molar-refractivity contribution is 6.05. The molecule has 3 N–H and O–H groups in total. The first-order valence-electron chi connectivity index (χ1n) is 8.30. The number of rotatable bonds is 2. The second-order valence-corrected chi connectivity index (χ2v) is 7.28. The van der Waals surface area contributed by atoms with Crippen LogP contribution >= 0.6 is 0 Å². The van der Waals surface area contributed by atoms with Crippen molar-refractivity contribution in [1.82, 2.24) is 10.2 Å². The molecule has 0 saturated carbocycles. The Bertz CT molecular complexity index is 709. The lowest BCUT2D eigenvalue weighted by Crippen LogP contribution is -2.53. The van der Waals surface area contributed by atoms with Crippen LogP contribution in [0.25, 0.3) is 0 Å². The van der Waals surface area contributed by atoms with Gasteiger partial charge in [-0.3, -0.25) is 15.0 Å². The smallest absolute Gasteiger partial charge is 0.414 e. The first-order chi connectivity index (χ1) is 11.5. The second kappa shape index (κ2) is 6.74. The van der Waals surface area contributed by atoms with E-state index in [9.17, 15) is 9.59 Å². The lowest BCUT2D eigenvalue weighted by atomic mass is 9.87. The Hall–Kier alpha value is -2.57. The molecule has 0 fully saturated rings. The number of guanidine groups is 1. The average Bonchev–Trinajstić information content (AvgIpc) is 2.44. The van der Waals surface area contributed by atoms with Crippen molar-refractivity contribution in [1.29, 1.82) is 0 Å². The van der Waals surface area contributed by atoms with Crippen LogP contribution in [0.2, 0.25) is 0 Å². The molecule has 0 spiro atoms. The van der Waals surface area contributed by atoms with Crippen molar-refractivity contribution < 1.29 is 14.3 Å². The third kappa shape index (κ3) is 4.49. The second-order valence-electron chi connectivity index (χ2n) is 7.28. The minimum atomic E-state index is -0.803. The zero-order chi connectivity index (χ0) is 18.8. The van der Waals surface area contributed by atoms with Crippen LogP contribution in [0.3, 0.4) is 0 Å². The fraction of sp³-hybridized carbons (Fsp3) is 0.500. The molecule has 1 atom stereocenters. The number of nitrogen functional groups attached to an aromatic ring is 1. The van der Waals surface area contributed by atoms with Gasteiger partial charge in [0.25, 0.3) is 0 Å². The van der Waals surface area contributed by atoms with Crippen LogP contribution < -0.4 is 11.1 Å². The van der Waals surface area contributed by atoms with Crippen molar-refractivity contribution >= 4 is 23.6 Å². The molecule has 2 rings (SSSR count). The summed E-state index contributed by atoms with van der Waals surface area (Å²) in [5.74, 6) is 0.0754. The highest BCUT2D eigenvalue weighted by Gasteiger charge is 2.38. The third-order valence-corrected chi connectivity index (χ3v) is 3.84. The number of benzene rings is 1. The molecular formula is C18H26N4O3. The van der Waals surface area contributed by atoms with Crippen molar-refractivity contribution in [2.45, 2.75) is 52.2 Å². The van der Waals surface area contributed by atoms with Gasteiger partial charge in [-0.2, -0.15) is 0 Å². The maximum Gasteiger partial charge on any atom is 0.414 e. The molecule has 1 aliphatic rings. The Balaban J connectivity index is 2.37. The van der Waals surface area contributed by atoms with Crippen molar-refractivity contribution in [2.24, 2.45) is 4.99 Å². The van der Waals surface area contributed by atoms with Crippen LogP contribution in [0.1, 0.15) is 46.6 Å². The molecule has 25 heavy (non-hydrogen) atoms. The minimum Gasteiger partial charge on any atom is -0.444 e. The summed E-state index contributed by atoms with van der Waals surface area (Å²) in [6.45, 7) is 9.40. The average molecular weight is 346 g/mol. The van der Waals surface area contributed by atoms with Crippen LogP contribution in [0.5, 0.6) is 0 Å². The van der Waals surface area contributed by atoms with E-state index >= 15 is 0 Å². The van der Waals surface area contributed by atoms with Gasteiger partial charge in [0, 0.05) is 12.2 Å². The molecule has 1 heterocycles. The van der Waals surface area contributed by atoms with E-state index in [4.69, 9.17) is 10.5 Å². The summed E-state index contributed by atoms with van der Waals surface area (Å²) in [6, 6.07) is 7.27. The topological polar surface area (TPSA) is 97.0 Å². The molecule has 0 radical (unpaired) electrons. The molecule has 0 aliphatic carbocycles. The van der Waals surface area contributed by atoms with E-state index in [2.05, 4.69) is 10.3 Å². The molecule has 7 heteroatoms. The van der Waals surface area contributed by atoms with E-state index in [1.807, 2.05) is 26.0 Å². The van der Waals surface area contributed by atoms with Gasteiger partial charge in [0.15, 0.2) is 0 Å². The largest absolute Gasteiger partial charge is 0.444 e. The summed E-state index contributed by atoms with van der Waals surface area (Å²) < 4.78 is 5.27. The highest BCUT2D eigenvalue weighted by atomic mass is 16.6. The molecular weight excluding hydrogens is 320 g/mol. The predicted molar refractivity (Wildman–Crippen MR) is 97.0 cm³/mol. The third-order valence-electron chi connectivity index (χ3n) is 3.84. The molecule has 2 amide bonds. The zero-order valence-corrected chi connectivity index (χ0v) is 15.4. The number of aliphatic imine (C=N–C) groups is 1. The van der Waals surface area contributed by atoms with Gasteiger partial charge >= 0.3 is 6.09 Å². The quantitative estimate of drug-likeness (QED) is 0.804. The number of hydrogen-bond donors (Lipinski definition) is 2. The fourth-order valence-corrected chi connectivity index (χ4v) is 2.70. The summed E-state index contributed by atoms with van der Waals surface area (Å²) in [6.07, 6.45) is -0.446. The number of nitrogens with two attached hydrogens (primary N) is 1. The minimum absolute atomic E-state index is 0.117. The van der Waals surface area contributed by atoms with Crippen LogP contribution in [-0.4, -0.2) is 35.0 Å². The number of carbonyl (C=O) groups excluding carboxylic acids is 2. The molecule has 0 bridgehead atoms. The van der Waals surface area contributed by atoms with Crippen molar-refractivity contribution in [3.05, 3.63) is 29.8 Å². The van der Waals surface area contributed by atoms with Crippen LogP contribution in [0.4, 0.5) is 10.5 Å². The van der Waals surface area contributed by atoms with E-state index in [0.29, 0.717) is 12.2 Å². The molecule has 7 nitrogen and oxygen atoms in total. The molecule has 0 unspecified atom stereocenters. The van der Waals surface area contributed by atoms with Gasteiger partial charge in [-0.05, 0) is 52.3 Å². The summed E-state index contributed by atoms with van der Waals surface area (Å²) >= 11 is 0. The van der Waals surface area contributed by atoms with E-state index in [-0.39, 0.29) is 18.3 Å². The Kier molecular flexibility index (Phi) is 5.06. The number of nitrogens with zero attached hydrogens (tertiary/aromatic N) is 2. The lowest BCUT2D eigenvalue weighted by molar-refractivity contribution is -0.129. The fourth-order valence-electron chi connectivity index (χ4n) is 2.70. The maximum absolute atomic E-state index is 12.6. The first kappa shape index (κ1) is 18.8. The van der Waals surface area contributed by atoms with Gasteiger partial charge < -0.3 is 10.5 Å². The Morgan fingerprint density at radius 3 is 2.68 bits per heavy atom. The summed E-state index contributed by atoms with van der Waals surface area (Å²) in [5.41, 5.74) is 5.84. The molecule has 1 aromatic carbocycles. The molecule has 0 aromatic heterocycles. The Morgan fingerprint density at radius 1 is 1.44 bits per heavy atom. The van der Waals surface area contributed by atoms with E-state index in [1.54, 1.807) is 32.9 Å². The van der Waals surface area contributed by atoms with Gasteiger partial charge in [-0.25, -0.2) is 9.79 Å². The standard InChI is InChI=1S/C18H26N4O3/c1-6-22-14(23)11-18(5,12-8-7-9-13(19)10-12)21-15(22)20-16(24)25-17(2,3)4/h7-10H,6,11,19H2,1-5H3,(H,20,21,24)/t18-/m0/s1. The van der Waals surface area contributed by atoms with Crippen LogP contribution in [0, 0.1) is 0 Å². The number of nitrogens with one attached hydrogen (secondary N) is 1. The monoisotopic (exact) mass is 346 g/mol. The zero-order valence-electron chi connectivity index (χ0n) is 15.4. The maximum atomic E-state index is 12.6. The molecule has 136 valence electrons. The van der Waals surface area contributed by atoms with Gasteiger partial charge in [0.05, 0.1) is 12.0 Å². The van der Waals surface area contributed by atoms with E-state index in [1.165, 1.54) is 4.90 Å². The normalized spacial score (nSPS) is 20.9. The molecule has 1 aliphatic heterocycles. The highest BCUT2D eigenvalue weighted by Crippen LogP contribution is 2.34. The molecule has 0 saturated heterocycles. The van der Waals surface area contributed by atoms with Crippen molar-refractivity contribution in [3.63, 3.8) is 0 Å². The van der Waals surface area contributed by atoms with Gasteiger partial charge in [0.1, 0.15) is 5.60 Å². The first-order valence-corrected chi connectivity index (χ1v) is 8.30.